The lowest BCUT2D eigenvalue weighted by molar-refractivity contribution is 0.0437. The fourth-order valence-electron chi connectivity index (χ4n) is 4.78. The van der Waals surface area contributed by atoms with E-state index in [0.717, 1.165) is 63.4 Å². The van der Waals surface area contributed by atoms with Crippen molar-refractivity contribution in [2.24, 2.45) is 0 Å². The highest BCUT2D eigenvalue weighted by molar-refractivity contribution is 5.58. The topological polar surface area (TPSA) is 84.0 Å². The Hall–Kier alpha value is -3.43. The van der Waals surface area contributed by atoms with Crippen LogP contribution in [0.25, 0.3) is 17.2 Å². The van der Waals surface area contributed by atoms with Gasteiger partial charge < -0.3 is 19.4 Å². The van der Waals surface area contributed by atoms with E-state index < -0.39 is 5.72 Å². The van der Waals surface area contributed by atoms with Crippen molar-refractivity contribution in [3.05, 3.63) is 60.5 Å². The maximum absolute atomic E-state index is 5.93. The van der Waals surface area contributed by atoms with Crippen molar-refractivity contribution < 1.29 is 9.15 Å². The first-order valence-electron chi connectivity index (χ1n) is 11.9. The zero-order valence-electron chi connectivity index (χ0n) is 19.4. The minimum atomic E-state index is -0.452. The predicted molar refractivity (Wildman–Crippen MR) is 130 cm³/mol. The van der Waals surface area contributed by atoms with Gasteiger partial charge >= 0.3 is 0 Å². The number of furan rings is 1. The van der Waals surface area contributed by atoms with Crippen LogP contribution < -0.4 is 10.2 Å². The third kappa shape index (κ3) is 4.12. The number of piperazine rings is 1. The molecule has 3 aromatic heterocycles. The molecular formula is C25H29N7O2. The first-order valence-corrected chi connectivity index (χ1v) is 11.9. The molecule has 4 aromatic rings. The molecule has 34 heavy (non-hydrogen) atoms. The van der Waals surface area contributed by atoms with E-state index in [1.807, 2.05) is 18.3 Å². The average Bonchev–Trinajstić information content (AvgIpc) is 3.63. The third-order valence-corrected chi connectivity index (χ3v) is 6.66. The highest BCUT2D eigenvalue weighted by Gasteiger charge is 2.31. The maximum atomic E-state index is 5.93. The Morgan fingerprint density at radius 3 is 2.65 bits per heavy atom. The molecule has 2 aliphatic rings. The number of nitrogens with zero attached hydrogens (tertiary/aromatic N) is 6. The van der Waals surface area contributed by atoms with Gasteiger partial charge in [-0.2, -0.15) is 4.52 Å². The van der Waals surface area contributed by atoms with Crippen LogP contribution in [0.3, 0.4) is 0 Å². The second-order valence-corrected chi connectivity index (χ2v) is 9.16. The second-order valence-electron chi connectivity index (χ2n) is 9.16. The van der Waals surface area contributed by atoms with E-state index in [1.165, 1.54) is 5.69 Å². The monoisotopic (exact) mass is 459 g/mol. The van der Waals surface area contributed by atoms with E-state index >= 15 is 0 Å². The van der Waals surface area contributed by atoms with Gasteiger partial charge in [0.25, 0.3) is 0 Å². The van der Waals surface area contributed by atoms with Gasteiger partial charge in [-0.05, 0) is 44.0 Å². The summed E-state index contributed by atoms with van der Waals surface area (Å²) < 4.78 is 13.3. The highest BCUT2D eigenvalue weighted by atomic mass is 16.5. The molecule has 176 valence electrons. The summed E-state index contributed by atoms with van der Waals surface area (Å²) >= 11 is 0. The van der Waals surface area contributed by atoms with E-state index in [4.69, 9.17) is 24.2 Å². The normalized spacial score (nSPS) is 21.4. The molecule has 1 unspecified atom stereocenters. The number of hydrogen-bond donors (Lipinski definition) is 1. The Bertz CT molecular complexity index is 1240. The van der Waals surface area contributed by atoms with Crippen molar-refractivity contribution >= 4 is 17.3 Å². The molecule has 0 bridgehead atoms. The van der Waals surface area contributed by atoms with E-state index in [-0.39, 0.29) is 0 Å². The number of fused-ring (bicyclic) bond motifs is 1. The molecule has 0 spiro atoms. The molecule has 1 atom stereocenters. The van der Waals surface area contributed by atoms with Crippen molar-refractivity contribution in [2.75, 3.05) is 43.0 Å². The summed E-state index contributed by atoms with van der Waals surface area (Å²) in [6, 6.07) is 14.3. The van der Waals surface area contributed by atoms with E-state index in [2.05, 4.69) is 52.4 Å². The molecule has 0 radical (unpaired) electrons. The van der Waals surface area contributed by atoms with Crippen molar-refractivity contribution in [2.45, 2.75) is 32.0 Å². The van der Waals surface area contributed by atoms with Crippen molar-refractivity contribution in [1.29, 1.82) is 0 Å². The number of rotatable bonds is 6. The Balaban J connectivity index is 1.26. The number of hydrogen-bond acceptors (Lipinski definition) is 8. The van der Waals surface area contributed by atoms with Crippen LogP contribution in [-0.4, -0.2) is 63.0 Å². The quantitative estimate of drug-likeness (QED) is 0.468. The van der Waals surface area contributed by atoms with Crippen molar-refractivity contribution in [1.82, 2.24) is 24.5 Å². The Kier molecular flexibility index (Phi) is 5.43. The molecule has 2 saturated heterocycles. The van der Waals surface area contributed by atoms with Crippen LogP contribution in [-0.2, 0) is 11.3 Å². The predicted octanol–water partition coefficient (Wildman–Crippen LogP) is 3.65. The minimum absolute atomic E-state index is 0.452. The van der Waals surface area contributed by atoms with Crippen LogP contribution in [0, 0.1) is 0 Å². The molecule has 9 nitrogen and oxygen atoms in total. The van der Waals surface area contributed by atoms with Gasteiger partial charge in [0, 0.05) is 56.8 Å². The summed E-state index contributed by atoms with van der Waals surface area (Å²) in [4.78, 5) is 14.5. The fraction of sp³-hybridized carbons (Fsp3) is 0.400. The number of anilines is 2. The number of para-hydroxylation sites is 1. The molecule has 0 aliphatic carbocycles. The molecule has 2 fully saturated rings. The van der Waals surface area contributed by atoms with Gasteiger partial charge in [-0.3, -0.25) is 4.90 Å². The molecule has 1 N–H and O–H groups in total. The summed E-state index contributed by atoms with van der Waals surface area (Å²) in [6.45, 7) is 7.51. The number of ether oxygens (including phenoxy) is 1. The number of aromatic nitrogens is 4. The van der Waals surface area contributed by atoms with Crippen LogP contribution >= 0.6 is 0 Å². The largest absolute Gasteiger partial charge is 0.461 e. The second kappa shape index (κ2) is 8.73. The molecule has 0 amide bonds. The van der Waals surface area contributed by atoms with Crippen molar-refractivity contribution in [3.8, 4) is 11.6 Å². The summed E-state index contributed by atoms with van der Waals surface area (Å²) in [7, 11) is 0. The molecule has 6 rings (SSSR count). The maximum Gasteiger partial charge on any atom is 0.228 e. The first-order chi connectivity index (χ1) is 16.7. The SMILES string of the molecule is CC1(Nc2ncc(CN3CCN(c4ccccc4)CC3)c3nc(-c4ccco4)nn23)CCCO1. The van der Waals surface area contributed by atoms with E-state index in [0.29, 0.717) is 17.5 Å². The number of nitrogens with one attached hydrogen (secondary N) is 1. The lowest BCUT2D eigenvalue weighted by atomic mass is 10.2. The summed E-state index contributed by atoms with van der Waals surface area (Å²) in [5, 5.41) is 8.19. The molecule has 1 aromatic carbocycles. The van der Waals surface area contributed by atoms with Gasteiger partial charge in [-0.25, -0.2) is 9.97 Å². The van der Waals surface area contributed by atoms with Crippen LogP contribution in [0.1, 0.15) is 25.3 Å². The lowest BCUT2D eigenvalue weighted by Crippen LogP contribution is -2.46. The zero-order chi connectivity index (χ0) is 23.0. The van der Waals surface area contributed by atoms with Crippen LogP contribution in [0.5, 0.6) is 0 Å². The van der Waals surface area contributed by atoms with Crippen molar-refractivity contribution in [3.63, 3.8) is 0 Å². The zero-order valence-corrected chi connectivity index (χ0v) is 19.4. The standard InChI is InChI=1S/C25H29N7O2/c1-25(10-6-16-34-25)28-24-26-17-19(23-27-22(29-32(23)24)21-9-5-15-33-21)18-30-11-13-31(14-12-30)20-7-3-2-4-8-20/h2-5,7-9,15,17H,6,10-14,16,18H2,1H3,(H,26,28). The lowest BCUT2D eigenvalue weighted by Gasteiger charge is -2.36. The molecule has 2 aliphatic heterocycles. The van der Waals surface area contributed by atoms with Gasteiger partial charge in [0.15, 0.2) is 11.4 Å². The van der Waals surface area contributed by atoms with Crippen LogP contribution in [0.15, 0.2) is 59.3 Å². The van der Waals surface area contributed by atoms with Crippen LogP contribution in [0.4, 0.5) is 11.6 Å². The summed E-state index contributed by atoms with van der Waals surface area (Å²) in [5.74, 6) is 1.82. The Morgan fingerprint density at radius 1 is 1.06 bits per heavy atom. The molecule has 0 saturated carbocycles. The fourth-order valence-corrected chi connectivity index (χ4v) is 4.78. The van der Waals surface area contributed by atoms with E-state index in [1.54, 1.807) is 10.8 Å². The number of benzene rings is 1. The highest BCUT2D eigenvalue weighted by Crippen LogP contribution is 2.28. The third-order valence-electron chi connectivity index (χ3n) is 6.66. The van der Waals surface area contributed by atoms with E-state index in [9.17, 15) is 0 Å². The smallest absolute Gasteiger partial charge is 0.228 e. The minimum Gasteiger partial charge on any atom is -0.461 e. The summed E-state index contributed by atoms with van der Waals surface area (Å²) in [5.41, 5.74) is 2.66. The van der Waals surface area contributed by atoms with Gasteiger partial charge in [-0.15, -0.1) is 5.10 Å². The molecule has 5 heterocycles. The average molecular weight is 460 g/mol. The van der Waals surface area contributed by atoms with Gasteiger partial charge in [-0.1, -0.05) is 18.2 Å². The van der Waals surface area contributed by atoms with Gasteiger partial charge in [0.2, 0.25) is 11.8 Å². The Morgan fingerprint density at radius 2 is 1.91 bits per heavy atom. The molecular weight excluding hydrogens is 430 g/mol. The first kappa shape index (κ1) is 21.1. The van der Waals surface area contributed by atoms with Gasteiger partial charge in [0.05, 0.1) is 6.26 Å². The molecule has 9 heteroatoms. The Labute approximate surface area is 198 Å². The summed E-state index contributed by atoms with van der Waals surface area (Å²) in [6.07, 6.45) is 5.50. The van der Waals surface area contributed by atoms with Crippen LogP contribution in [0.2, 0.25) is 0 Å². The van der Waals surface area contributed by atoms with Gasteiger partial charge in [0.1, 0.15) is 5.72 Å².